The molecule has 0 aliphatic carbocycles. The van der Waals surface area contributed by atoms with Crippen molar-refractivity contribution in [3.05, 3.63) is 30.3 Å². The highest BCUT2D eigenvalue weighted by Crippen LogP contribution is 2.11. The maximum absolute atomic E-state index is 12.3. The maximum Gasteiger partial charge on any atom is 0.191 e. The zero-order chi connectivity index (χ0) is 18.8. The second kappa shape index (κ2) is 10.5. The lowest BCUT2D eigenvalue weighted by molar-refractivity contribution is 0.206. The van der Waals surface area contributed by atoms with Crippen LogP contribution in [0, 0.1) is 0 Å². The zero-order valence-corrected chi connectivity index (χ0v) is 16.8. The summed E-state index contributed by atoms with van der Waals surface area (Å²) in [7, 11) is -1.46. The van der Waals surface area contributed by atoms with Gasteiger partial charge in [-0.05, 0) is 44.4 Å². The van der Waals surface area contributed by atoms with Crippen LogP contribution in [0.2, 0.25) is 0 Å². The molecule has 0 spiro atoms. The number of likely N-dealkylation sites (tertiary alicyclic amines) is 1. The van der Waals surface area contributed by atoms with Gasteiger partial charge in [-0.15, -0.1) is 0 Å². The summed E-state index contributed by atoms with van der Waals surface area (Å²) in [5, 5.41) is 6.70. The highest BCUT2D eigenvalue weighted by atomic mass is 32.2. The predicted molar refractivity (Wildman–Crippen MR) is 107 cm³/mol. The van der Waals surface area contributed by atoms with Gasteiger partial charge in [0, 0.05) is 32.7 Å². The lowest BCUT2D eigenvalue weighted by Crippen LogP contribution is -2.49. The zero-order valence-electron chi connectivity index (χ0n) is 15.9. The molecule has 6 nitrogen and oxygen atoms in total. The molecule has 7 heteroatoms. The van der Waals surface area contributed by atoms with Crippen LogP contribution in [-0.4, -0.2) is 64.3 Å². The summed E-state index contributed by atoms with van der Waals surface area (Å²) in [4.78, 5) is 7.15. The van der Waals surface area contributed by atoms with E-state index in [0.29, 0.717) is 23.9 Å². The molecule has 0 aromatic heterocycles. The Morgan fingerprint density at radius 2 is 1.92 bits per heavy atom. The molecule has 2 rings (SSSR count). The first-order valence-electron chi connectivity index (χ1n) is 9.52. The molecular weight excluding hydrogens is 348 g/mol. The van der Waals surface area contributed by atoms with Crippen molar-refractivity contribution in [1.29, 1.82) is 0 Å². The Kier molecular flexibility index (Phi) is 8.38. The highest BCUT2D eigenvalue weighted by molar-refractivity contribution is 7.91. The molecule has 146 valence electrons. The molecule has 0 amide bonds. The average molecular weight is 381 g/mol. The Morgan fingerprint density at radius 1 is 1.23 bits per heavy atom. The summed E-state index contributed by atoms with van der Waals surface area (Å²) in [6, 6.07) is 9.05. The molecule has 1 aromatic rings. The molecule has 0 unspecified atom stereocenters. The topological polar surface area (TPSA) is 73.8 Å². The molecule has 0 bridgehead atoms. The number of aliphatic imine (C=N–C) groups is 1. The monoisotopic (exact) mass is 380 g/mol. The molecule has 2 N–H and O–H groups in total. The van der Waals surface area contributed by atoms with Crippen LogP contribution in [0.3, 0.4) is 0 Å². The van der Waals surface area contributed by atoms with Crippen LogP contribution >= 0.6 is 0 Å². The maximum atomic E-state index is 12.3. The van der Waals surface area contributed by atoms with Crippen molar-refractivity contribution in [1.82, 2.24) is 15.5 Å². The van der Waals surface area contributed by atoms with Crippen molar-refractivity contribution in [2.24, 2.45) is 4.99 Å². The predicted octanol–water partition coefficient (Wildman–Crippen LogP) is 1.89. The quantitative estimate of drug-likeness (QED) is 0.409. The molecule has 0 saturated carbocycles. The van der Waals surface area contributed by atoms with E-state index in [0.717, 1.165) is 31.9 Å². The minimum atomic E-state index is -3.21. The number of guanidine groups is 1. The molecule has 1 saturated heterocycles. The SMILES string of the molecule is CCCN1CCC(NC(=NC)NCCCS(=O)(=O)c2ccccc2)CC1. The van der Waals surface area contributed by atoms with Crippen LogP contribution in [0.15, 0.2) is 40.2 Å². The lowest BCUT2D eigenvalue weighted by Gasteiger charge is -2.32. The van der Waals surface area contributed by atoms with Gasteiger partial charge in [-0.25, -0.2) is 8.42 Å². The first kappa shape index (κ1) is 20.7. The number of nitrogens with zero attached hydrogens (tertiary/aromatic N) is 2. The van der Waals surface area contributed by atoms with E-state index in [9.17, 15) is 8.42 Å². The fourth-order valence-corrected chi connectivity index (χ4v) is 4.55. The van der Waals surface area contributed by atoms with Crippen LogP contribution in [0.1, 0.15) is 32.6 Å². The van der Waals surface area contributed by atoms with Crippen molar-refractivity contribution in [2.75, 3.05) is 39.0 Å². The van der Waals surface area contributed by atoms with Crippen molar-refractivity contribution in [3.63, 3.8) is 0 Å². The van der Waals surface area contributed by atoms with Gasteiger partial charge in [-0.1, -0.05) is 25.1 Å². The third kappa shape index (κ3) is 6.61. The van der Waals surface area contributed by atoms with Crippen molar-refractivity contribution in [2.45, 2.75) is 43.5 Å². The van der Waals surface area contributed by atoms with Crippen LogP contribution in [0.5, 0.6) is 0 Å². The Morgan fingerprint density at radius 3 is 2.54 bits per heavy atom. The van der Waals surface area contributed by atoms with Gasteiger partial charge in [0.2, 0.25) is 0 Å². The standard InChI is InChI=1S/C19H32N4O2S/c1-3-13-23-14-10-17(11-15-23)22-19(20-2)21-12-7-16-26(24,25)18-8-5-4-6-9-18/h4-6,8-9,17H,3,7,10-16H2,1-2H3,(H2,20,21,22). The number of nitrogens with one attached hydrogen (secondary N) is 2. The third-order valence-electron chi connectivity index (χ3n) is 4.68. The molecule has 1 heterocycles. The van der Waals surface area contributed by atoms with Crippen LogP contribution in [-0.2, 0) is 9.84 Å². The summed E-state index contributed by atoms with van der Waals surface area (Å²) in [6.07, 6.45) is 3.98. The summed E-state index contributed by atoms with van der Waals surface area (Å²) in [5.41, 5.74) is 0. The summed E-state index contributed by atoms with van der Waals surface area (Å²) in [6.45, 7) is 6.22. The van der Waals surface area contributed by atoms with E-state index in [-0.39, 0.29) is 5.75 Å². The second-order valence-corrected chi connectivity index (χ2v) is 8.85. The molecule has 0 radical (unpaired) electrons. The van der Waals surface area contributed by atoms with Crippen molar-refractivity contribution >= 4 is 15.8 Å². The number of hydrogen-bond donors (Lipinski definition) is 2. The fraction of sp³-hybridized carbons (Fsp3) is 0.632. The van der Waals surface area contributed by atoms with E-state index in [1.807, 2.05) is 6.07 Å². The molecule has 1 aliphatic heterocycles. The third-order valence-corrected chi connectivity index (χ3v) is 6.49. The van der Waals surface area contributed by atoms with E-state index in [4.69, 9.17) is 0 Å². The van der Waals surface area contributed by atoms with Gasteiger partial charge in [-0.3, -0.25) is 4.99 Å². The van der Waals surface area contributed by atoms with Gasteiger partial charge in [0.25, 0.3) is 0 Å². The lowest BCUT2D eigenvalue weighted by atomic mass is 10.1. The molecule has 1 aromatic carbocycles. The minimum absolute atomic E-state index is 0.135. The van der Waals surface area contributed by atoms with E-state index in [1.165, 1.54) is 13.0 Å². The number of rotatable bonds is 8. The number of piperidine rings is 1. The summed E-state index contributed by atoms with van der Waals surface area (Å²) in [5.74, 6) is 0.896. The van der Waals surface area contributed by atoms with Crippen LogP contribution < -0.4 is 10.6 Å². The second-order valence-electron chi connectivity index (χ2n) is 6.74. The largest absolute Gasteiger partial charge is 0.356 e. The van der Waals surface area contributed by atoms with E-state index in [1.54, 1.807) is 31.3 Å². The van der Waals surface area contributed by atoms with E-state index >= 15 is 0 Å². The van der Waals surface area contributed by atoms with Crippen molar-refractivity contribution < 1.29 is 8.42 Å². The Labute approximate surface area is 158 Å². The van der Waals surface area contributed by atoms with E-state index < -0.39 is 9.84 Å². The molecule has 0 atom stereocenters. The first-order chi connectivity index (χ1) is 12.5. The van der Waals surface area contributed by atoms with E-state index in [2.05, 4.69) is 27.4 Å². The van der Waals surface area contributed by atoms with Gasteiger partial charge >= 0.3 is 0 Å². The van der Waals surface area contributed by atoms with Gasteiger partial charge in [0.1, 0.15) is 0 Å². The van der Waals surface area contributed by atoms with Gasteiger partial charge in [-0.2, -0.15) is 0 Å². The number of hydrogen-bond acceptors (Lipinski definition) is 4. The van der Waals surface area contributed by atoms with Gasteiger partial charge < -0.3 is 15.5 Å². The average Bonchev–Trinajstić information content (AvgIpc) is 2.66. The summed E-state index contributed by atoms with van der Waals surface area (Å²) >= 11 is 0. The van der Waals surface area contributed by atoms with Crippen molar-refractivity contribution in [3.8, 4) is 0 Å². The molecule has 26 heavy (non-hydrogen) atoms. The Balaban J connectivity index is 1.69. The number of benzene rings is 1. The molecular formula is C19H32N4O2S. The number of sulfone groups is 1. The molecule has 1 fully saturated rings. The fourth-order valence-electron chi connectivity index (χ4n) is 3.22. The molecule has 1 aliphatic rings. The van der Waals surface area contributed by atoms with Crippen LogP contribution in [0.4, 0.5) is 0 Å². The minimum Gasteiger partial charge on any atom is -0.356 e. The first-order valence-corrected chi connectivity index (χ1v) is 11.2. The van der Waals surface area contributed by atoms with Gasteiger partial charge in [0.05, 0.1) is 10.6 Å². The normalized spacial score (nSPS) is 17.2. The smallest absolute Gasteiger partial charge is 0.191 e. The van der Waals surface area contributed by atoms with Gasteiger partial charge in [0.15, 0.2) is 15.8 Å². The van der Waals surface area contributed by atoms with Crippen LogP contribution in [0.25, 0.3) is 0 Å². The Hall–Kier alpha value is -1.60. The summed E-state index contributed by atoms with van der Waals surface area (Å²) < 4.78 is 24.5. The Bertz CT molecular complexity index is 653. The highest BCUT2D eigenvalue weighted by Gasteiger charge is 2.19.